The Hall–Kier alpha value is -1.69. The summed E-state index contributed by atoms with van der Waals surface area (Å²) in [6.07, 6.45) is 7.73. The van der Waals surface area contributed by atoms with Gasteiger partial charge in [-0.3, -0.25) is 4.79 Å². The van der Waals surface area contributed by atoms with Gasteiger partial charge in [0.05, 0.1) is 5.39 Å². The molecule has 1 aliphatic carbocycles. The third kappa shape index (κ3) is 5.21. The first-order valence-corrected chi connectivity index (χ1v) is 12.9. The van der Waals surface area contributed by atoms with Gasteiger partial charge in [0.15, 0.2) is 0 Å². The van der Waals surface area contributed by atoms with Gasteiger partial charge in [0.1, 0.15) is 16.5 Å². The summed E-state index contributed by atoms with van der Waals surface area (Å²) in [6, 6.07) is 0. The first kappa shape index (κ1) is 22.5. The summed E-state index contributed by atoms with van der Waals surface area (Å²) in [5, 5.41) is 1.31. The van der Waals surface area contributed by atoms with Crippen molar-refractivity contribution in [3.8, 4) is 0 Å². The fourth-order valence-corrected chi connectivity index (χ4v) is 6.05. The number of rotatable bonds is 4. The van der Waals surface area contributed by atoms with Gasteiger partial charge in [-0.15, -0.1) is 11.3 Å². The van der Waals surface area contributed by atoms with Crippen molar-refractivity contribution in [1.82, 2.24) is 14.9 Å². The molecule has 0 atom stereocenters. The standard InChI is InChI=1S/C25H38N4OS/c1-17(2)15-20-26-23(22-18-9-7-6-8-10-19(18)31-24(22)27-20)29-13-11-28(12-14-29)21(30)16-25(3,4)5/h17H,6-16H2,1-5H3. The number of thiophene rings is 1. The fourth-order valence-electron chi connectivity index (χ4n) is 4.78. The highest BCUT2D eigenvalue weighted by molar-refractivity contribution is 7.19. The Kier molecular flexibility index (Phi) is 6.57. The molecule has 6 heteroatoms. The van der Waals surface area contributed by atoms with Crippen molar-refractivity contribution >= 4 is 33.3 Å². The van der Waals surface area contributed by atoms with Crippen LogP contribution in [0.3, 0.4) is 0 Å². The normalized spacial score (nSPS) is 17.9. The van der Waals surface area contributed by atoms with Gasteiger partial charge in [-0.25, -0.2) is 9.97 Å². The van der Waals surface area contributed by atoms with E-state index in [2.05, 4.69) is 39.5 Å². The van der Waals surface area contributed by atoms with E-state index in [1.807, 2.05) is 16.2 Å². The summed E-state index contributed by atoms with van der Waals surface area (Å²) in [5.74, 6) is 2.92. The van der Waals surface area contributed by atoms with Crippen molar-refractivity contribution in [2.24, 2.45) is 11.3 Å². The molecule has 2 aromatic heterocycles. The zero-order valence-electron chi connectivity index (χ0n) is 20.0. The molecule has 0 aromatic carbocycles. The zero-order chi connectivity index (χ0) is 22.2. The second-order valence-electron chi connectivity index (χ2n) is 10.9. The smallest absolute Gasteiger partial charge is 0.223 e. The monoisotopic (exact) mass is 442 g/mol. The number of aromatic nitrogens is 2. The van der Waals surface area contributed by atoms with Crippen LogP contribution in [0.15, 0.2) is 0 Å². The van der Waals surface area contributed by atoms with Crippen LogP contribution in [0, 0.1) is 11.3 Å². The largest absolute Gasteiger partial charge is 0.352 e. The van der Waals surface area contributed by atoms with Crippen LogP contribution in [0.5, 0.6) is 0 Å². The van der Waals surface area contributed by atoms with E-state index in [0.29, 0.717) is 12.3 Å². The topological polar surface area (TPSA) is 49.3 Å². The van der Waals surface area contributed by atoms with Crippen LogP contribution in [0.4, 0.5) is 5.82 Å². The molecule has 0 bridgehead atoms. The minimum Gasteiger partial charge on any atom is -0.352 e. The highest BCUT2D eigenvalue weighted by atomic mass is 32.1. The predicted octanol–water partition coefficient (Wildman–Crippen LogP) is 5.24. The number of fused-ring (bicyclic) bond motifs is 3. The highest BCUT2D eigenvalue weighted by Crippen LogP contribution is 2.39. The van der Waals surface area contributed by atoms with Gasteiger partial charge in [0.2, 0.25) is 5.91 Å². The molecule has 31 heavy (non-hydrogen) atoms. The van der Waals surface area contributed by atoms with Crippen molar-refractivity contribution in [3.05, 3.63) is 16.3 Å². The number of carbonyl (C=O) groups is 1. The molecule has 3 heterocycles. The highest BCUT2D eigenvalue weighted by Gasteiger charge is 2.28. The summed E-state index contributed by atoms with van der Waals surface area (Å²) in [7, 11) is 0. The number of hydrogen-bond donors (Lipinski definition) is 0. The van der Waals surface area contributed by atoms with Crippen LogP contribution in [0.2, 0.25) is 0 Å². The Bertz CT molecular complexity index is 935. The molecular weight excluding hydrogens is 404 g/mol. The number of hydrogen-bond acceptors (Lipinski definition) is 5. The second kappa shape index (κ2) is 9.05. The fraction of sp³-hybridized carbons (Fsp3) is 0.720. The van der Waals surface area contributed by atoms with Crippen molar-refractivity contribution in [2.75, 3.05) is 31.1 Å². The zero-order valence-corrected chi connectivity index (χ0v) is 20.8. The Morgan fingerprint density at radius 2 is 1.74 bits per heavy atom. The molecular formula is C25H38N4OS. The van der Waals surface area contributed by atoms with Crippen LogP contribution in [-0.2, 0) is 24.1 Å². The lowest BCUT2D eigenvalue weighted by atomic mass is 9.91. The molecule has 0 saturated carbocycles. The molecule has 2 aliphatic rings. The second-order valence-corrected chi connectivity index (χ2v) is 12.0. The Morgan fingerprint density at radius 3 is 2.42 bits per heavy atom. The van der Waals surface area contributed by atoms with Gasteiger partial charge in [-0.1, -0.05) is 41.0 Å². The summed E-state index contributed by atoms with van der Waals surface area (Å²) >= 11 is 1.90. The van der Waals surface area contributed by atoms with E-state index in [1.54, 1.807) is 0 Å². The molecule has 1 aliphatic heterocycles. The molecule has 1 fully saturated rings. The van der Waals surface area contributed by atoms with E-state index in [0.717, 1.165) is 50.7 Å². The summed E-state index contributed by atoms with van der Waals surface area (Å²) < 4.78 is 0. The van der Waals surface area contributed by atoms with Gasteiger partial charge < -0.3 is 9.80 Å². The van der Waals surface area contributed by atoms with Gasteiger partial charge >= 0.3 is 0 Å². The van der Waals surface area contributed by atoms with Crippen molar-refractivity contribution < 1.29 is 4.79 Å². The molecule has 0 unspecified atom stereocenters. The van der Waals surface area contributed by atoms with Crippen molar-refractivity contribution in [1.29, 1.82) is 0 Å². The minimum atomic E-state index is 0.0348. The maximum Gasteiger partial charge on any atom is 0.223 e. The Balaban J connectivity index is 1.63. The lowest BCUT2D eigenvalue weighted by Gasteiger charge is -2.37. The molecule has 0 radical (unpaired) electrons. The van der Waals surface area contributed by atoms with Gasteiger partial charge in [-0.2, -0.15) is 0 Å². The van der Waals surface area contributed by atoms with Gasteiger partial charge in [0, 0.05) is 43.9 Å². The Morgan fingerprint density at radius 1 is 1.03 bits per heavy atom. The average Bonchev–Trinajstić information content (AvgIpc) is 2.87. The van der Waals surface area contributed by atoms with Crippen LogP contribution in [0.1, 0.15) is 76.6 Å². The SMILES string of the molecule is CC(C)Cc1nc(N2CCN(C(=O)CC(C)(C)C)CC2)c2c3c(sc2n1)CCCCC3. The Labute approximate surface area is 191 Å². The third-order valence-corrected chi connectivity index (χ3v) is 7.48. The van der Waals surface area contributed by atoms with Crippen LogP contribution in [0.25, 0.3) is 10.2 Å². The van der Waals surface area contributed by atoms with E-state index in [-0.39, 0.29) is 11.3 Å². The maximum atomic E-state index is 12.7. The van der Waals surface area contributed by atoms with Crippen molar-refractivity contribution in [2.45, 2.75) is 79.6 Å². The van der Waals surface area contributed by atoms with Crippen LogP contribution >= 0.6 is 11.3 Å². The lowest BCUT2D eigenvalue weighted by Crippen LogP contribution is -2.49. The summed E-state index contributed by atoms with van der Waals surface area (Å²) in [4.78, 5) is 30.0. The number of piperazine rings is 1. The van der Waals surface area contributed by atoms with E-state index in [1.165, 1.54) is 46.3 Å². The van der Waals surface area contributed by atoms with Gasteiger partial charge in [-0.05, 0) is 42.6 Å². The number of amides is 1. The number of carbonyl (C=O) groups excluding carboxylic acids is 1. The molecule has 170 valence electrons. The molecule has 0 spiro atoms. The maximum absolute atomic E-state index is 12.7. The molecule has 1 amide bonds. The van der Waals surface area contributed by atoms with E-state index < -0.39 is 0 Å². The first-order chi connectivity index (χ1) is 14.7. The van der Waals surface area contributed by atoms with Crippen LogP contribution < -0.4 is 4.90 Å². The number of nitrogens with zero attached hydrogens (tertiary/aromatic N) is 4. The number of anilines is 1. The van der Waals surface area contributed by atoms with Crippen LogP contribution in [-0.4, -0.2) is 47.0 Å². The van der Waals surface area contributed by atoms with Gasteiger partial charge in [0.25, 0.3) is 0 Å². The van der Waals surface area contributed by atoms with E-state index >= 15 is 0 Å². The first-order valence-electron chi connectivity index (χ1n) is 12.0. The molecule has 0 N–H and O–H groups in total. The predicted molar refractivity (Wildman–Crippen MR) is 130 cm³/mol. The molecule has 4 rings (SSSR count). The summed E-state index contributed by atoms with van der Waals surface area (Å²) in [6.45, 7) is 14.2. The van der Waals surface area contributed by atoms with E-state index in [4.69, 9.17) is 9.97 Å². The van der Waals surface area contributed by atoms with Crippen molar-refractivity contribution in [3.63, 3.8) is 0 Å². The number of aryl methyl sites for hydroxylation is 2. The quantitative estimate of drug-likeness (QED) is 0.607. The molecule has 2 aromatic rings. The molecule has 5 nitrogen and oxygen atoms in total. The summed E-state index contributed by atoms with van der Waals surface area (Å²) in [5.41, 5.74) is 1.54. The lowest BCUT2D eigenvalue weighted by molar-refractivity contribution is -0.133. The minimum absolute atomic E-state index is 0.0348. The van der Waals surface area contributed by atoms with E-state index in [9.17, 15) is 4.79 Å². The third-order valence-electron chi connectivity index (χ3n) is 6.30. The molecule has 1 saturated heterocycles. The average molecular weight is 443 g/mol.